The third kappa shape index (κ3) is 5.20. The molecule has 4 aromatic rings. The molecule has 0 spiro atoms. The lowest BCUT2D eigenvalue weighted by molar-refractivity contribution is 0.289. The van der Waals surface area contributed by atoms with Gasteiger partial charge in [0.25, 0.3) is 0 Å². The van der Waals surface area contributed by atoms with Gasteiger partial charge in [-0.25, -0.2) is 8.42 Å². The van der Waals surface area contributed by atoms with Crippen LogP contribution < -0.4 is 10.2 Å². The van der Waals surface area contributed by atoms with Crippen LogP contribution in [-0.4, -0.2) is 30.9 Å². The first-order valence-corrected chi connectivity index (χ1v) is 12.0. The van der Waals surface area contributed by atoms with Crippen LogP contribution in [0.25, 0.3) is 10.8 Å². The Kier molecular flexibility index (Phi) is 6.82. The van der Waals surface area contributed by atoms with Gasteiger partial charge in [-0.3, -0.25) is 4.79 Å². The highest BCUT2D eigenvalue weighted by Crippen LogP contribution is 2.18. The first-order chi connectivity index (χ1) is 16.4. The van der Waals surface area contributed by atoms with Gasteiger partial charge in [-0.1, -0.05) is 36.4 Å². The fourth-order valence-electron chi connectivity index (χ4n) is 3.46. The van der Waals surface area contributed by atoms with Crippen molar-refractivity contribution in [3.63, 3.8) is 0 Å². The predicted octanol–water partition coefficient (Wildman–Crippen LogP) is 3.76. The van der Waals surface area contributed by atoms with E-state index in [4.69, 9.17) is 14.4 Å². The molecule has 0 unspecified atom stereocenters. The molecule has 2 aromatic heterocycles. The van der Waals surface area contributed by atoms with Crippen LogP contribution in [-0.2, 0) is 23.2 Å². The van der Waals surface area contributed by atoms with E-state index in [0.717, 1.165) is 15.1 Å². The second-order valence-electron chi connectivity index (χ2n) is 7.80. The third-order valence-corrected chi connectivity index (χ3v) is 7.23. The van der Waals surface area contributed by atoms with Gasteiger partial charge in [0.1, 0.15) is 18.6 Å². The zero-order valence-corrected chi connectivity index (χ0v) is 19.4. The van der Waals surface area contributed by atoms with Crippen LogP contribution in [0.1, 0.15) is 17.7 Å². The zero-order chi connectivity index (χ0) is 24.1. The van der Waals surface area contributed by atoms with E-state index in [9.17, 15) is 13.2 Å². The number of ether oxygens (including phenoxy) is 1. The van der Waals surface area contributed by atoms with E-state index in [1.54, 1.807) is 12.1 Å². The second kappa shape index (κ2) is 9.95. The topological polar surface area (TPSA) is 106 Å². The first-order valence-electron chi connectivity index (χ1n) is 10.6. The number of sulfonamides is 1. The lowest BCUT2D eigenvalue weighted by Crippen LogP contribution is -2.27. The number of hydrogen-bond acceptors (Lipinski definition) is 6. The second-order valence-corrected chi connectivity index (χ2v) is 9.85. The average molecular weight is 478 g/mol. The normalized spacial score (nSPS) is 11.6. The molecule has 0 atom stereocenters. The number of fused-ring (bicyclic) bond motifs is 1. The van der Waals surface area contributed by atoms with Crippen LogP contribution in [0.15, 0.2) is 87.4 Å². The van der Waals surface area contributed by atoms with Gasteiger partial charge >= 0.3 is 0 Å². The fourth-order valence-corrected chi connectivity index (χ4v) is 4.64. The average Bonchev–Trinajstić information content (AvgIpc) is 3.24. The van der Waals surface area contributed by atoms with Crippen molar-refractivity contribution < 1.29 is 17.6 Å². The van der Waals surface area contributed by atoms with Gasteiger partial charge in [-0.2, -0.15) is 9.57 Å². The van der Waals surface area contributed by atoms with Gasteiger partial charge in [0.15, 0.2) is 0 Å². The van der Waals surface area contributed by atoms with Crippen molar-refractivity contribution in [3.05, 3.63) is 94.8 Å². The molecule has 174 valence electrons. The molecule has 0 aliphatic rings. The van der Waals surface area contributed by atoms with Crippen molar-refractivity contribution in [2.45, 2.75) is 24.5 Å². The summed E-state index contributed by atoms with van der Waals surface area (Å²) in [6.45, 7) is 0.622. The van der Waals surface area contributed by atoms with E-state index in [1.807, 2.05) is 47.3 Å². The highest BCUT2D eigenvalue weighted by Gasteiger charge is 2.20. The van der Waals surface area contributed by atoms with E-state index in [1.165, 1.54) is 31.5 Å². The fraction of sp³-hybridized carbons (Fsp3) is 0.200. The zero-order valence-electron chi connectivity index (χ0n) is 18.5. The van der Waals surface area contributed by atoms with E-state index in [0.29, 0.717) is 17.9 Å². The van der Waals surface area contributed by atoms with Crippen LogP contribution in [0, 0.1) is 11.3 Å². The monoisotopic (exact) mass is 477 g/mol. The Balaban J connectivity index is 1.39. The van der Waals surface area contributed by atoms with Gasteiger partial charge in [0.05, 0.1) is 17.5 Å². The summed E-state index contributed by atoms with van der Waals surface area (Å²) in [5, 5.41) is 10.9. The Labute approximate surface area is 197 Å². The summed E-state index contributed by atoms with van der Waals surface area (Å²) in [7, 11) is -2.23. The molecule has 0 fully saturated rings. The number of hydrogen-bond donors (Lipinski definition) is 0. The van der Waals surface area contributed by atoms with Crippen molar-refractivity contribution in [2.24, 2.45) is 0 Å². The van der Waals surface area contributed by atoms with E-state index >= 15 is 0 Å². The molecule has 0 aliphatic heterocycles. The number of benzene rings is 2. The van der Waals surface area contributed by atoms with Crippen molar-refractivity contribution in [2.75, 3.05) is 13.6 Å². The summed E-state index contributed by atoms with van der Waals surface area (Å²) < 4.78 is 39.3. The molecule has 0 saturated carbocycles. The molecule has 2 aromatic carbocycles. The van der Waals surface area contributed by atoms with E-state index < -0.39 is 10.0 Å². The molecule has 0 N–H and O–H groups in total. The molecule has 0 aliphatic carbocycles. The minimum atomic E-state index is -3.67. The largest absolute Gasteiger partial charge is 0.482 e. The van der Waals surface area contributed by atoms with Crippen molar-refractivity contribution in [1.29, 1.82) is 5.26 Å². The molecule has 2 heterocycles. The Morgan fingerprint density at radius 1 is 1.09 bits per heavy atom. The standard InChI is InChI=1S/C25H23N3O5S/c1-27(12-4-11-26)34(30,31)23-9-7-19(8-10-23)17-33-25-18-32-22(13-24(25)29)16-28-14-20-5-2-3-6-21(20)15-28/h2-3,5-10,13-15,18H,4,12,16-17H2,1H3. The molecule has 0 amide bonds. The highest BCUT2D eigenvalue weighted by molar-refractivity contribution is 7.89. The summed E-state index contributed by atoms with van der Waals surface area (Å²) in [6, 6.07) is 17.5. The molecular weight excluding hydrogens is 454 g/mol. The third-order valence-electron chi connectivity index (χ3n) is 5.36. The number of nitrogens with zero attached hydrogens (tertiary/aromatic N) is 3. The molecule has 8 nitrogen and oxygen atoms in total. The van der Waals surface area contributed by atoms with Crippen LogP contribution >= 0.6 is 0 Å². The van der Waals surface area contributed by atoms with Crippen molar-refractivity contribution in [3.8, 4) is 11.8 Å². The number of rotatable bonds is 9. The maximum absolute atomic E-state index is 12.5. The predicted molar refractivity (Wildman–Crippen MR) is 127 cm³/mol. The van der Waals surface area contributed by atoms with Gasteiger partial charge in [0.2, 0.25) is 21.2 Å². The quantitative estimate of drug-likeness (QED) is 0.363. The summed E-state index contributed by atoms with van der Waals surface area (Å²) in [5.74, 6) is 0.585. The van der Waals surface area contributed by atoms with Crippen LogP contribution in [0.5, 0.6) is 5.75 Å². The van der Waals surface area contributed by atoms with Gasteiger partial charge in [-0.05, 0) is 28.5 Å². The maximum Gasteiger partial charge on any atom is 0.242 e. The first kappa shape index (κ1) is 23.3. The number of nitriles is 1. The molecule has 4 rings (SSSR count). The summed E-state index contributed by atoms with van der Waals surface area (Å²) in [4.78, 5) is 12.6. The smallest absolute Gasteiger partial charge is 0.242 e. The Hall–Kier alpha value is -3.87. The molecule has 9 heteroatoms. The molecule has 34 heavy (non-hydrogen) atoms. The van der Waals surface area contributed by atoms with E-state index in [-0.39, 0.29) is 35.6 Å². The Morgan fingerprint density at radius 3 is 2.38 bits per heavy atom. The van der Waals surface area contributed by atoms with Crippen molar-refractivity contribution in [1.82, 2.24) is 8.87 Å². The summed E-state index contributed by atoms with van der Waals surface area (Å²) in [6.07, 6.45) is 5.39. The molecule has 0 radical (unpaired) electrons. The van der Waals surface area contributed by atoms with Crippen LogP contribution in [0.4, 0.5) is 0 Å². The van der Waals surface area contributed by atoms with Gasteiger partial charge in [-0.15, -0.1) is 0 Å². The van der Waals surface area contributed by atoms with Crippen molar-refractivity contribution >= 4 is 20.8 Å². The minimum Gasteiger partial charge on any atom is -0.482 e. The summed E-state index contributed by atoms with van der Waals surface area (Å²) in [5.41, 5.74) is 0.400. The molecular formula is C25H23N3O5S. The number of aromatic nitrogens is 1. The molecule has 0 bridgehead atoms. The van der Waals surface area contributed by atoms with Gasteiger partial charge in [0, 0.05) is 38.5 Å². The molecule has 0 saturated heterocycles. The Morgan fingerprint density at radius 2 is 1.76 bits per heavy atom. The highest BCUT2D eigenvalue weighted by atomic mass is 32.2. The SMILES string of the molecule is CN(CCC#N)S(=O)(=O)c1ccc(COc2coc(Cn3cc4ccccc4c3)cc2=O)cc1. The Bertz CT molecular complexity index is 1470. The lowest BCUT2D eigenvalue weighted by Gasteiger charge is -2.15. The van der Waals surface area contributed by atoms with Crippen LogP contribution in [0.3, 0.4) is 0 Å². The summed E-state index contributed by atoms with van der Waals surface area (Å²) >= 11 is 0. The maximum atomic E-state index is 12.5. The van der Waals surface area contributed by atoms with Crippen LogP contribution in [0.2, 0.25) is 0 Å². The van der Waals surface area contributed by atoms with E-state index in [2.05, 4.69) is 0 Å². The lowest BCUT2D eigenvalue weighted by atomic mass is 10.2. The van der Waals surface area contributed by atoms with Gasteiger partial charge < -0.3 is 13.7 Å². The minimum absolute atomic E-state index is 0.0781.